The molecule has 0 radical (unpaired) electrons. The molecule has 2 rings (SSSR count). The average Bonchev–Trinajstić information content (AvgIpc) is 2.37. The number of carbonyl (C=O) groups excluding carboxylic acids is 1. The minimum absolute atomic E-state index is 0.0661. The van der Waals surface area contributed by atoms with Gasteiger partial charge in [0.25, 0.3) is 5.69 Å². The molecular weight excluding hydrogens is 238 g/mol. The number of nitro benzene ring substituents is 1. The summed E-state index contributed by atoms with van der Waals surface area (Å²) in [4.78, 5) is 25.5. The standard InChI is InChI=1S/C11H9N3O4/c1-18-11(15)10-5-8(12)7-4-6(14(16)17)2-3-9(7)13-10/h2-5H,1H3,(H2,12,13). The van der Waals surface area contributed by atoms with Crippen molar-refractivity contribution in [2.45, 2.75) is 0 Å². The van der Waals surface area contributed by atoms with E-state index in [1.807, 2.05) is 0 Å². The predicted molar refractivity (Wildman–Crippen MR) is 64.1 cm³/mol. The lowest BCUT2D eigenvalue weighted by Gasteiger charge is -2.04. The molecule has 0 fully saturated rings. The molecule has 0 aliphatic carbocycles. The Morgan fingerprint density at radius 2 is 2.17 bits per heavy atom. The first-order valence-corrected chi connectivity index (χ1v) is 4.96. The SMILES string of the molecule is COC(=O)c1cc(N)c2cc([N+](=O)[O-])ccc2n1. The number of fused-ring (bicyclic) bond motifs is 1. The minimum Gasteiger partial charge on any atom is -0.464 e. The quantitative estimate of drug-likeness (QED) is 0.489. The molecule has 0 amide bonds. The molecule has 2 aromatic rings. The van der Waals surface area contributed by atoms with Gasteiger partial charge in [0.15, 0.2) is 5.69 Å². The maximum absolute atomic E-state index is 11.3. The number of aromatic nitrogens is 1. The number of hydrogen-bond acceptors (Lipinski definition) is 6. The van der Waals surface area contributed by atoms with Crippen molar-refractivity contribution in [2.24, 2.45) is 0 Å². The summed E-state index contributed by atoms with van der Waals surface area (Å²) in [5, 5.41) is 11.1. The van der Waals surface area contributed by atoms with Crippen molar-refractivity contribution in [3.63, 3.8) is 0 Å². The highest BCUT2D eigenvalue weighted by atomic mass is 16.6. The van der Waals surface area contributed by atoms with Gasteiger partial charge in [-0.15, -0.1) is 0 Å². The van der Waals surface area contributed by atoms with Crippen LogP contribution in [-0.4, -0.2) is 23.0 Å². The molecule has 0 bridgehead atoms. The highest BCUT2D eigenvalue weighted by Gasteiger charge is 2.13. The smallest absolute Gasteiger partial charge is 0.356 e. The summed E-state index contributed by atoms with van der Waals surface area (Å²) in [5.41, 5.74) is 6.38. The molecule has 0 atom stereocenters. The minimum atomic E-state index is -0.609. The summed E-state index contributed by atoms with van der Waals surface area (Å²) in [6, 6.07) is 5.39. The maximum atomic E-state index is 11.3. The van der Waals surface area contributed by atoms with Crippen molar-refractivity contribution in [1.82, 2.24) is 4.98 Å². The van der Waals surface area contributed by atoms with Crippen molar-refractivity contribution in [3.8, 4) is 0 Å². The number of rotatable bonds is 2. The second kappa shape index (κ2) is 4.28. The fourth-order valence-corrected chi connectivity index (χ4v) is 1.56. The first-order valence-electron chi connectivity index (χ1n) is 4.96. The molecule has 1 aromatic heterocycles. The monoisotopic (exact) mass is 247 g/mol. The third kappa shape index (κ3) is 1.93. The average molecular weight is 247 g/mol. The highest BCUT2D eigenvalue weighted by Crippen LogP contribution is 2.25. The van der Waals surface area contributed by atoms with Crippen LogP contribution in [0.4, 0.5) is 11.4 Å². The zero-order valence-corrected chi connectivity index (χ0v) is 9.41. The highest BCUT2D eigenvalue weighted by molar-refractivity contribution is 5.97. The van der Waals surface area contributed by atoms with Gasteiger partial charge in [-0.1, -0.05) is 0 Å². The Hall–Kier alpha value is -2.70. The van der Waals surface area contributed by atoms with Crippen molar-refractivity contribution in [1.29, 1.82) is 0 Å². The van der Waals surface area contributed by atoms with Gasteiger partial charge in [0.2, 0.25) is 0 Å². The molecule has 1 heterocycles. The first-order chi connectivity index (χ1) is 8.52. The molecule has 92 valence electrons. The lowest BCUT2D eigenvalue weighted by atomic mass is 10.1. The molecule has 0 unspecified atom stereocenters. The largest absolute Gasteiger partial charge is 0.464 e. The number of non-ortho nitro benzene ring substituents is 1. The van der Waals surface area contributed by atoms with Crippen molar-refractivity contribution in [3.05, 3.63) is 40.1 Å². The van der Waals surface area contributed by atoms with Crippen molar-refractivity contribution < 1.29 is 14.5 Å². The predicted octanol–water partition coefficient (Wildman–Crippen LogP) is 1.51. The lowest BCUT2D eigenvalue weighted by molar-refractivity contribution is -0.384. The number of anilines is 1. The third-order valence-corrected chi connectivity index (χ3v) is 2.43. The van der Waals surface area contributed by atoms with Crippen LogP contribution in [0.1, 0.15) is 10.5 Å². The number of benzene rings is 1. The molecule has 18 heavy (non-hydrogen) atoms. The van der Waals surface area contributed by atoms with E-state index in [-0.39, 0.29) is 17.1 Å². The number of nitro groups is 1. The number of nitrogens with zero attached hydrogens (tertiary/aromatic N) is 2. The van der Waals surface area contributed by atoms with Crippen LogP contribution in [0.5, 0.6) is 0 Å². The molecule has 1 aromatic carbocycles. The Balaban J connectivity index is 2.65. The van der Waals surface area contributed by atoms with E-state index >= 15 is 0 Å². The van der Waals surface area contributed by atoms with Gasteiger partial charge in [-0.2, -0.15) is 0 Å². The second-order valence-corrected chi connectivity index (χ2v) is 3.55. The van der Waals surface area contributed by atoms with E-state index in [0.717, 1.165) is 0 Å². The number of carbonyl (C=O) groups is 1. The molecule has 0 spiro atoms. The van der Waals surface area contributed by atoms with Crippen LogP contribution in [0.25, 0.3) is 10.9 Å². The molecule has 0 saturated carbocycles. The molecule has 0 aliphatic rings. The summed E-state index contributed by atoms with van der Waals surface area (Å²) in [5.74, 6) is -0.609. The lowest BCUT2D eigenvalue weighted by Crippen LogP contribution is -2.05. The maximum Gasteiger partial charge on any atom is 0.356 e. The number of nitrogen functional groups attached to an aromatic ring is 1. The van der Waals surface area contributed by atoms with Crippen LogP contribution in [0, 0.1) is 10.1 Å². The number of nitrogens with two attached hydrogens (primary N) is 1. The third-order valence-electron chi connectivity index (χ3n) is 2.43. The first kappa shape index (κ1) is 11.8. The van der Waals surface area contributed by atoms with E-state index in [4.69, 9.17) is 5.73 Å². The Labute approximate surface area is 101 Å². The van der Waals surface area contributed by atoms with Gasteiger partial charge in [0.05, 0.1) is 17.5 Å². The van der Waals surface area contributed by atoms with Crippen LogP contribution in [0.15, 0.2) is 24.3 Å². The zero-order valence-electron chi connectivity index (χ0n) is 9.41. The topological polar surface area (TPSA) is 108 Å². The number of hydrogen-bond donors (Lipinski definition) is 1. The Morgan fingerprint density at radius 3 is 2.78 bits per heavy atom. The van der Waals surface area contributed by atoms with Crippen LogP contribution >= 0.6 is 0 Å². The molecule has 0 aliphatic heterocycles. The van der Waals surface area contributed by atoms with Gasteiger partial charge in [0.1, 0.15) is 0 Å². The molecule has 7 heteroatoms. The molecule has 7 nitrogen and oxygen atoms in total. The Bertz CT molecular complexity index is 654. The number of ether oxygens (including phenoxy) is 1. The summed E-state index contributed by atoms with van der Waals surface area (Å²) < 4.78 is 4.54. The van der Waals surface area contributed by atoms with Crippen LogP contribution in [0.2, 0.25) is 0 Å². The Morgan fingerprint density at radius 1 is 1.44 bits per heavy atom. The van der Waals surface area contributed by atoms with E-state index < -0.39 is 10.9 Å². The van der Waals surface area contributed by atoms with E-state index in [0.29, 0.717) is 10.9 Å². The Kier molecular flexibility index (Phi) is 2.80. The van der Waals surface area contributed by atoms with Crippen molar-refractivity contribution >= 4 is 28.2 Å². The van der Waals surface area contributed by atoms with Gasteiger partial charge in [-0.25, -0.2) is 9.78 Å². The van der Waals surface area contributed by atoms with Gasteiger partial charge in [0, 0.05) is 23.2 Å². The summed E-state index contributed by atoms with van der Waals surface area (Å²) in [6.07, 6.45) is 0. The molecule has 2 N–H and O–H groups in total. The summed E-state index contributed by atoms with van der Waals surface area (Å²) in [6.45, 7) is 0. The van der Waals surface area contributed by atoms with Gasteiger partial charge in [-0.3, -0.25) is 10.1 Å². The summed E-state index contributed by atoms with van der Waals surface area (Å²) >= 11 is 0. The fraction of sp³-hybridized carbons (Fsp3) is 0.0909. The van der Waals surface area contributed by atoms with Crippen molar-refractivity contribution in [2.75, 3.05) is 12.8 Å². The number of pyridine rings is 1. The number of esters is 1. The number of methoxy groups -OCH3 is 1. The fourth-order valence-electron chi connectivity index (χ4n) is 1.56. The van der Waals surface area contributed by atoms with Gasteiger partial charge in [-0.05, 0) is 12.1 Å². The van der Waals surface area contributed by atoms with Crippen LogP contribution < -0.4 is 5.73 Å². The normalized spacial score (nSPS) is 10.3. The summed E-state index contributed by atoms with van der Waals surface area (Å²) in [7, 11) is 1.24. The van der Waals surface area contributed by atoms with Crippen LogP contribution in [0.3, 0.4) is 0 Å². The van der Waals surface area contributed by atoms with Crippen LogP contribution in [-0.2, 0) is 4.74 Å². The van der Waals surface area contributed by atoms with Gasteiger partial charge < -0.3 is 10.5 Å². The molecule has 0 saturated heterocycles. The van der Waals surface area contributed by atoms with Gasteiger partial charge >= 0.3 is 5.97 Å². The van der Waals surface area contributed by atoms with E-state index in [9.17, 15) is 14.9 Å². The molecular formula is C11H9N3O4. The zero-order chi connectivity index (χ0) is 13.3. The van der Waals surface area contributed by atoms with E-state index in [1.165, 1.54) is 31.4 Å². The van der Waals surface area contributed by atoms with E-state index in [1.54, 1.807) is 0 Å². The second-order valence-electron chi connectivity index (χ2n) is 3.55. The van der Waals surface area contributed by atoms with E-state index in [2.05, 4.69) is 9.72 Å².